The van der Waals surface area contributed by atoms with E-state index < -0.39 is 0 Å². The summed E-state index contributed by atoms with van der Waals surface area (Å²) in [5.74, 6) is 0. The van der Waals surface area contributed by atoms with Crippen LogP contribution in [0, 0.1) is 0 Å². The number of hydrogen-bond donors (Lipinski definition) is 2. The van der Waals surface area contributed by atoms with Crippen LogP contribution in [-0.4, -0.2) is 19.1 Å². The molecule has 0 aliphatic carbocycles. The molecule has 0 saturated heterocycles. The molecule has 2 aromatic heterocycles. The van der Waals surface area contributed by atoms with Crippen LogP contribution in [0.5, 0.6) is 0 Å². The zero-order valence-electron chi connectivity index (χ0n) is 14.6. The van der Waals surface area contributed by atoms with Crippen LogP contribution in [0.15, 0.2) is 34.5 Å². The highest BCUT2D eigenvalue weighted by molar-refractivity contribution is 7.30. The minimum atomic E-state index is 0.0512. The highest BCUT2D eigenvalue weighted by Gasteiger charge is 2.11. The lowest BCUT2D eigenvalue weighted by atomic mass is 10.0. The number of nitrogens with two attached hydrogens (primary N) is 2. The van der Waals surface area contributed by atoms with E-state index in [0.717, 1.165) is 44.3 Å². The van der Waals surface area contributed by atoms with Crippen LogP contribution in [0.25, 0.3) is 9.53 Å². The van der Waals surface area contributed by atoms with Gasteiger partial charge < -0.3 is 16.4 Å². The van der Waals surface area contributed by atoms with Gasteiger partial charge >= 0.3 is 0 Å². The van der Waals surface area contributed by atoms with Gasteiger partial charge in [0.25, 0.3) is 0 Å². The van der Waals surface area contributed by atoms with Crippen LogP contribution in [-0.2, 0) is 0 Å². The molecule has 6 nitrogen and oxygen atoms in total. The standard InChI is InChI=1S/C17H22N6S2/c1-4-5-11(18)10-6-7-12(13(8-10)23(2)3)21-22-15-9-14-16(25-15)20-17(19)24-14/h6-9,11H,4-5,18H2,1-3H3,(H2,19,20). The maximum atomic E-state index is 6.25. The van der Waals surface area contributed by atoms with E-state index in [1.54, 1.807) is 0 Å². The predicted molar refractivity (Wildman–Crippen MR) is 109 cm³/mol. The van der Waals surface area contributed by atoms with Crippen molar-refractivity contribution < 1.29 is 0 Å². The number of azo groups is 1. The Balaban J connectivity index is 1.88. The molecule has 0 aliphatic rings. The summed E-state index contributed by atoms with van der Waals surface area (Å²) in [6.07, 6.45) is 2.03. The van der Waals surface area contributed by atoms with Gasteiger partial charge in [-0.1, -0.05) is 42.1 Å². The van der Waals surface area contributed by atoms with Crippen LogP contribution in [0.1, 0.15) is 31.4 Å². The summed E-state index contributed by atoms with van der Waals surface area (Å²) in [5, 5.41) is 10.2. The first-order valence-electron chi connectivity index (χ1n) is 8.12. The lowest BCUT2D eigenvalue weighted by Crippen LogP contribution is -2.13. The van der Waals surface area contributed by atoms with Crippen molar-refractivity contribution in [1.29, 1.82) is 0 Å². The first-order chi connectivity index (χ1) is 12.0. The third-order valence-electron chi connectivity index (χ3n) is 3.86. The number of anilines is 2. The average molecular weight is 375 g/mol. The van der Waals surface area contributed by atoms with Crippen LogP contribution in [0.3, 0.4) is 0 Å². The van der Waals surface area contributed by atoms with Gasteiger partial charge in [-0.2, -0.15) is 0 Å². The number of aromatic nitrogens is 1. The van der Waals surface area contributed by atoms with Crippen molar-refractivity contribution >= 4 is 53.7 Å². The molecular formula is C17H22N6S2. The summed E-state index contributed by atoms with van der Waals surface area (Å²) in [7, 11) is 3.99. The van der Waals surface area contributed by atoms with Crippen LogP contribution in [0.4, 0.5) is 21.5 Å². The fourth-order valence-electron chi connectivity index (χ4n) is 2.58. The van der Waals surface area contributed by atoms with Crippen LogP contribution in [0.2, 0.25) is 0 Å². The van der Waals surface area contributed by atoms with Gasteiger partial charge in [0.2, 0.25) is 0 Å². The summed E-state index contributed by atoms with van der Waals surface area (Å²) in [5.41, 5.74) is 14.9. The molecule has 2 heterocycles. The van der Waals surface area contributed by atoms with E-state index in [1.807, 2.05) is 37.2 Å². The van der Waals surface area contributed by atoms with Gasteiger partial charge in [-0.15, -0.1) is 10.2 Å². The molecule has 4 N–H and O–H groups in total. The Bertz CT molecular complexity index is 864. The summed E-state index contributed by atoms with van der Waals surface area (Å²) < 4.78 is 1.05. The summed E-state index contributed by atoms with van der Waals surface area (Å²) >= 11 is 2.96. The van der Waals surface area contributed by atoms with Crippen molar-refractivity contribution in [2.24, 2.45) is 16.0 Å². The van der Waals surface area contributed by atoms with E-state index in [-0.39, 0.29) is 6.04 Å². The van der Waals surface area contributed by atoms with Gasteiger partial charge in [-0.05, 0) is 30.2 Å². The molecule has 0 fully saturated rings. The smallest absolute Gasteiger partial charge is 0.181 e. The summed E-state index contributed by atoms with van der Waals surface area (Å²) in [6.45, 7) is 2.14. The monoisotopic (exact) mass is 374 g/mol. The van der Waals surface area contributed by atoms with Crippen LogP contribution >= 0.6 is 22.7 Å². The lowest BCUT2D eigenvalue weighted by molar-refractivity contribution is 0.638. The number of thiazole rings is 1. The van der Waals surface area contributed by atoms with Crippen molar-refractivity contribution in [3.63, 3.8) is 0 Å². The molecule has 0 spiro atoms. The minimum Gasteiger partial charge on any atom is -0.376 e. The second kappa shape index (κ2) is 7.47. The van der Waals surface area contributed by atoms with E-state index in [0.29, 0.717) is 5.13 Å². The molecule has 3 aromatic rings. The molecule has 0 aliphatic heterocycles. The molecule has 132 valence electrons. The van der Waals surface area contributed by atoms with Crippen molar-refractivity contribution in [2.75, 3.05) is 24.7 Å². The Morgan fingerprint density at radius 3 is 2.68 bits per heavy atom. The van der Waals surface area contributed by atoms with Gasteiger partial charge in [-0.25, -0.2) is 4.98 Å². The Kier molecular flexibility index (Phi) is 5.31. The largest absolute Gasteiger partial charge is 0.376 e. The maximum absolute atomic E-state index is 6.25. The molecule has 3 rings (SSSR count). The highest BCUT2D eigenvalue weighted by Crippen LogP contribution is 2.38. The summed E-state index contributed by atoms with van der Waals surface area (Å²) in [4.78, 5) is 7.22. The van der Waals surface area contributed by atoms with Crippen molar-refractivity contribution in [1.82, 2.24) is 4.98 Å². The van der Waals surface area contributed by atoms with E-state index in [1.165, 1.54) is 22.7 Å². The quantitative estimate of drug-likeness (QED) is 0.578. The second-order valence-electron chi connectivity index (χ2n) is 6.04. The first-order valence-corrected chi connectivity index (χ1v) is 9.75. The van der Waals surface area contributed by atoms with Crippen LogP contribution < -0.4 is 16.4 Å². The Morgan fingerprint density at radius 1 is 1.20 bits per heavy atom. The second-order valence-corrected chi connectivity index (χ2v) is 8.12. The zero-order valence-corrected chi connectivity index (χ0v) is 16.2. The number of nitrogens with zero attached hydrogens (tertiary/aromatic N) is 4. The number of benzene rings is 1. The molecule has 0 bridgehead atoms. The van der Waals surface area contributed by atoms with Crippen molar-refractivity contribution in [3.8, 4) is 0 Å². The highest BCUT2D eigenvalue weighted by atomic mass is 32.1. The van der Waals surface area contributed by atoms with E-state index in [4.69, 9.17) is 11.5 Å². The molecular weight excluding hydrogens is 352 g/mol. The van der Waals surface area contributed by atoms with Gasteiger partial charge in [0.15, 0.2) is 5.13 Å². The van der Waals surface area contributed by atoms with E-state index >= 15 is 0 Å². The SMILES string of the molecule is CCCC(N)c1ccc(N=Nc2cc3sc(N)nc3s2)c(N(C)C)c1. The van der Waals surface area contributed by atoms with Crippen molar-refractivity contribution in [3.05, 3.63) is 29.8 Å². The molecule has 1 aromatic carbocycles. The Morgan fingerprint density at radius 2 is 2.00 bits per heavy atom. The number of hydrogen-bond acceptors (Lipinski definition) is 8. The predicted octanol–water partition coefficient (Wildman–Crippen LogP) is 5.22. The van der Waals surface area contributed by atoms with Gasteiger partial charge in [-0.3, -0.25) is 0 Å². The molecule has 0 saturated carbocycles. The van der Waals surface area contributed by atoms with Gasteiger partial charge in [0.1, 0.15) is 15.5 Å². The number of rotatable bonds is 6. The molecule has 1 unspecified atom stereocenters. The normalized spacial score (nSPS) is 13.0. The minimum absolute atomic E-state index is 0.0512. The maximum Gasteiger partial charge on any atom is 0.181 e. The van der Waals surface area contributed by atoms with Crippen molar-refractivity contribution in [2.45, 2.75) is 25.8 Å². The Labute approximate surface area is 155 Å². The van der Waals surface area contributed by atoms with Gasteiger partial charge in [0, 0.05) is 20.1 Å². The first kappa shape index (κ1) is 17.8. The fraction of sp³-hybridized carbons (Fsp3) is 0.353. The average Bonchev–Trinajstić information content (AvgIpc) is 3.09. The van der Waals surface area contributed by atoms with E-state index in [9.17, 15) is 0 Å². The number of thiophene rings is 1. The molecule has 25 heavy (non-hydrogen) atoms. The third kappa shape index (κ3) is 3.97. The Hall–Kier alpha value is -2.03. The molecule has 1 atom stereocenters. The number of fused-ring (bicyclic) bond motifs is 1. The topological polar surface area (TPSA) is 92.9 Å². The molecule has 0 radical (unpaired) electrons. The van der Waals surface area contributed by atoms with E-state index in [2.05, 4.69) is 28.2 Å². The molecule has 8 heteroatoms. The fourth-order valence-corrected chi connectivity index (χ4v) is 4.39. The molecule has 0 amide bonds. The third-order valence-corrected chi connectivity index (χ3v) is 5.73. The lowest BCUT2D eigenvalue weighted by Gasteiger charge is -2.18. The zero-order chi connectivity index (χ0) is 18.0. The number of nitrogen functional groups attached to an aromatic ring is 1. The van der Waals surface area contributed by atoms with Gasteiger partial charge in [0.05, 0.1) is 10.4 Å². The summed E-state index contributed by atoms with van der Waals surface area (Å²) in [6, 6.07) is 8.14.